The molecular weight excluding hydrogens is 368 g/mol. The first-order valence-corrected chi connectivity index (χ1v) is 9.12. The minimum Gasteiger partial charge on any atom is -0.341 e. The number of hydrogen-bond acceptors (Lipinski definition) is 4. The molecule has 1 aliphatic heterocycles. The SMILES string of the molecule is C#CCNC(=O)c1ccccc1NC(=O)C1=NN(Cc2ccccc2)C(=O)CC1. The molecule has 0 aliphatic carbocycles. The van der Waals surface area contributed by atoms with E-state index in [1.165, 1.54) is 5.01 Å². The third-order valence-electron chi connectivity index (χ3n) is 4.31. The summed E-state index contributed by atoms with van der Waals surface area (Å²) in [6, 6.07) is 16.0. The second-order valence-electron chi connectivity index (χ2n) is 6.37. The van der Waals surface area contributed by atoms with Crippen molar-refractivity contribution in [3.63, 3.8) is 0 Å². The van der Waals surface area contributed by atoms with Crippen LogP contribution in [0.15, 0.2) is 59.7 Å². The van der Waals surface area contributed by atoms with Crippen LogP contribution in [0.2, 0.25) is 0 Å². The summed E-state index contributed by atoms with van der Waals surface area (Å²) in [4.78, 5) is 37.1. The van der Waals surface area contributed by atoms with Crippen LogP contribution in [0.25, 0.3) is 0 Å². The summed E-state index contributed by atoms with van der Waals surface area (Å²) in [6.45, 7) is 0.381. The minimum atomic E-state index is -0.451. The maximum atomic E-state index is 12.7. The van der Waals surface area contributed by atoms with Crippen LogP contribution in [0.4, 0.5) is 5.69 Å². The average molecular weight is 388 g/mol. The van der Waals surface area contributed by atoms with Gasteiger partial charge in [-0.3, -0.25) is 14.4 Å². The Morgan fingerprint density at radius 1 is 1.03 bits per heavy atom. The zero-order chi connectivity index (χ0) is 20.6. The Hall–Kier alpha value is -3.92. The summed E-state index contributed by atoms with van der Waals surface area (Å²) >= 11 is 0. The Bertz CT molecular complexity index is 993. The van der Waals surface area contributed by atoms with Gasteiger partial charge >= 0.3 is 0 Å². The third kappa shape index (κ3) is 5.08. The highest BCUT2D eigenvalue weighted by Gasteiger charge is 2.25. The Morgan fingerprint density at radius 2 is 1.76 bits per heavy atom. The van der Waals surface area contributed by atoms with Crippen LogP contribution in [0.3, 0.4) is 0 Å². The molecule has 0 aromatic heterocycles. The van der Waals surface area contributed by atoms with Gasteiger partial charge < -0.3 is 10.6 Å². The number of hydrazone groups is 1. The Morgan fingerprint density at radius 3 is 2.52 bits per heavy atom. The Kier molecular flexibility index (Phi) is 6.38. The van der Waals surface area contributed by atoms with E-state index >= 15 is 0 Å². The number of amides is 3. The zero-order valence-electron chi connectivity index (χ0n) is 15.7. The standard InChI is InChI=1S/C22H20N4O3/c1-2-14-23-21(28)17-10-6-7-11-18(17)24-22(29)19-12-13-20(27)26(25-19)15-16-8-4-3-5-9-16/h1,3-11H,12-15H2,(H,23,28)(H,24,29). The smallest absolute Gasteiger partial charge is 0.271 e. The lowest BCUT2D eigenvalue weighted by Crippen LogP contribution is -2.36. The molecule has 0 bridgehead atoms. The number of nitrogens with one attached hydrogen (secondary N) is 2. The molecule has 2 aromatic rings. The zero-order valence-corrected chi connectivity index (χ0v) is 15.7. The first-order chi connectivity index (χ1) is 14.1. The van der Waals surface area contributed by atoms with Gasteiger partial charge in [0, 0.05) is 12.8 Å². The highest BCUT2D eigenvalue weighted by molar-refractivity contribution is 6.43. The number of carbonyl (C=O) groups is 3. The highest BCUT2D eigenvalue weighted by atomic mass is 16.2. The van der Waals surface area contributed by atoms with Crippen molar-refractivity contribution in [1.29, 1.82) is 0 Å². The van der Waals surface area contributed by atoms with Crippen LogP contribution in [-0.4, -0.2) is 35.0 Å². The highest BCUT2D eigenvalue weighted by Crippen LogP contribution is 2.18. The van der Waals surface area contributed by atoms with Gasteiger partial charge in [0.05, 0.1) is 24.3 Å². The van der Waals surface area contributed by atoms with Crippen molar-refractivity contribution in [2.45, 2.75) is 19.4 Å². The van der Waals surface area contributed by atoms with Gasteiger partial charge in [0.15, 0.2) is 0 Å². The number of anilines is 1. The van der Waals surface area contributed by atoms with Gasteiger partial charge in [0.25, 0.3) is 11.8 Å². The number of terminal acetylenes is 1. The van der Waals surface area contributed by atoms with Gasteiger partial charge in [-0.15, -0.1) is 6.42 Å². The van der Waals surface area contributed by atoms with E-state index < -0.39 is 5.91 Å². The van der Waals surface area contributed by atoms with Crippen molar-refractivity contribution in [1.82, 2.24) is 10.3 Å². The first-order valence-electron chi connectivity index (χ1n) is 9.12. The molecular formula is C22H20N4O3. The van der Waals surface area contributed by atoms with E-state index in [1.54, 1.807) is 24.3 Å². The summed E-state index contributed by atoms with van der Waals surface area (Å²) in [6.07, 6.45) is 5.60. The van der Waals surface area contributed by atoms with Crippen molar-refractivity contribution in [3.05, 3.63) is 65.7 Å². The Balaban J connectivity index is 1.75. The molecule has 0 spiro atoms. The summed E-state index contributed by atoms with van der Waals surface area (Å²) < 4.78 is 0. The normalized spacial score (nSPS) is 13.3. The molecule has 146 valence electrons. The molecule has 7 heteroatoms. The fourth-order valence-electron chi connectivity index (χ4n) is 2.86. The maximum Gasteiger partial charge on any atom is 0.271 e. The van der Waals surface area contributed by atoms with Crippen LogP contribution in [0.5, 0.6) is 0 Å². The summed E-state index contributed by atoms with van der Waals surface area (Å²) in [5, 5.41) is 10.8. The number of hydrogen-bond donors (Lipinski definition) is 2. The van der Waals surface area contributed by atoms with E-state index in [2.05, 4.69) is 21.7 Å². The maximum absolute atomic E-state index is 12.7. The van der Waals surface area contributed by atoms with E-state index in [-0.39, 0.29) is 36.9 Å². The van der Waals surface area contributed by atoms with Crippen LogP contribution in [0, 0.1) is 12.3 Å². The van der Waals surface area contributed by atoms with Crippen LogP contribution in [-0.2, 0) is 16.1 Å². The molecule has 0 unspecified atom stereocenters. The molecule has 0 saturated carbocycles. The fourth-order valence-corrected chi connectivity index (χ4v) is 2.86. The average Bonchev–Trinajstić information content (AvgIpc) is 2.74. The van der Waals surface area contributed by atoms with E-state index in [4.69, 9.17) is 6.42 Å². The predicted molar refractivity (Wildman–Crippen MR) is 110 cm³/mol. The molecule has 7 nitrogen and oxygen atoms in total. The molecule has 0 atom stereocenters. The third-order valence-corrected chi connectivity index (χ3v) is 4.31. The number of para-hydroxylation sites is 1. The van der Waals surface area contributed by atoms with Crippen molar-refractivity contribution < 1.29 is 14.4 Å². The van der Waals surface area contributed by atoms with E-state index in [9.17, 15) is 14.4 Å². The molecule has 0 saturated heterocycles. The van der Waals surface area contributed by atoms with Crippen LogP contribution < -0.4 is 10.6 Å². The summed E-state index contributed by atoms with van der Waals surface area (Å²) in [5.74, 6) is 1.36. The molecule has 2 aromatic carbocycles. The molecule has 1 heterocycles. The molecule has 3 amide bonds. The topological polar surface area (TPSA) is 90.9 Å². The summed E-state index contributed by atoms with van der Waals surface area (Å²) in [5.41, 5.74) is 1.80. The molecule has 1 aliphatic rings. The monoisotopic (exact) mass is 388 g/mol. The second kappa shape index (κ2) is 9.33. The number of nitrogens with zero attached hydrogens (tertiary/aromatic N) is 2. The van der Waals surface area contributed by atoms with Crippen LogP contribution >= 0.6 is 0 Å². The van der Waals surface area contributed by atoms with Crippen molar-refractivity contribution in [2.24, 2.45) is 5.10 Å². The molecule has 29 heavy (non-hydrogen) atoms. The predicted octanol–water partition coefficient (Wildman–Crippen LogP) is 2.17. The van der Waals surface area contributed by atoms with Crippen molar-refractivity contribution in [2.75, 3.05) is 11.9 Å². The lowest BCUT2D eigenvalue weighted by atomic mass is 10.1. The van der Waals surface area contributed by atoms with Gasteiger partial charge in [-0.2, -0.15) is 5.10 Å². The Labute approximate surface area is 168 Å². The molecule has 0 radical (unpaired) electrons. The van der Waals surface area contributed by atoms with E-state index in [0.717, 1.165) is 5.56 Å². The van der Waals surface area contributed by atoms with Gasteiger partial charge in [-0.1, -0.05) is 48.4 Å². The summed E-state index contributed by atoms with van der Waals surface area (Å²) in [7, 11) is 0. The van der Waals surface area contributed by atoms with Gasteiger partial charge in [-0.05, 0) is 17.7 Å². The van der Waals surface area contributed by atoms with Crippen molar-refractivity contribution >= 4 is 29.1 Å². The lowest BCUT2D eigenvalue weighted by molar-refractivity contribution is -0.132. The van der Waals surface area contributed by atoms with E-state index in [1.807, 2.05) is 30.3 Å². The van der Waals surface area contributed by atoms with Gasteiger partial charge in [-0.25, -0.2) is 5.01 Å². The number of rotatable bonds is 6. The first kappa shape index (κ1) is 19.8. The quantitative estimate of drug-likeness (QED) is 0.743. The second-order valence-corrected chi connectivity index (χ2v) is 6.37. The lowest BCUT2D eigenvalue weighted by Gasteiger charge is -2.23. The molecule has 0 fully saturated rings. The minimum absolute atomic E-state index is 0.0877. The van der Waals surface area contributed by atoms with Crippen molar-refractivity contribution in [3.8, 4) is 12.3 Å². The fraction of sp³-hybridized carbons (Fsp3) is 0.182. The van der Waals surface area contributed by atoms with Crippen LogP contribution in [0.1, 0.15) is 28.8 Å². The molecule has 2 N–H and O–H groups in total. The number of carbonyl (C=O) groups excluding carboxylic acids is 3. The number of benzene rings is 2. The van der Waals surface area contributed by atoms with Gasteiger partial charge in [0.1, 0.15) is 5.71 Å². The largest absolute Gasteiger partial charge is 0.341 e. The van der Waals surface area contributed by atoms with E-state index in [0.29, 0.717) is 17.8 Å². The molecule has 3 rings (SSSR count). The van der Waals surface area contributed by atoms with Gasteiger partial charge in [0.2, 0.25) is 5.91 Å².